The molecule has 0 aliphatic carbocycles. The molecule has 3 heteroatoms. The van der Waals surface area contributed by atoms with Crippen LogP contribution in [0.25, 0.3) is 64.6 Å². The topological polar surface area (TPSA) is 40.5 Å². The Morgan fingerprint density at radius 3 is 1.11 bits per heavy atom. The van der Waals surface area contributed by atoms with Crippen molar-refractivity contribution in [3.05, 3.63) is 193 Å². The first kappa shape index (κ1) is 33.6. The van der Waals surface area contributed by atoms with Crippen LogP contribution in [0.1, 0.15) is 25.0 Å². The summed E-state index contributed by atoms with van der Waals surface area (Å²) < 4.78 is 0. The van der Waals surface area contributed by atoms with Crippen LogP contribution in [-0.2, 0) is 5.41 Å². The fraction of sp³-hybridized carbons (Fsp3) is 0.0588. The van der Waals surface area contributed by atoms with Gasteiger partial charge in [0.2, 0.25) is 0 Å². The van der Waals surface area contributed by atoms with E-state index in [1.54, 1.807) is 24.3 Å². The maximum atomic E-state index is 9.30. The van der Waals surface area contributed by atoms with E-state index in [-0.39, 0.29) is 25.5 Å². The third-order valence-corrected chi connectivity index (χ3v) is 12.6. The fourth-order valence-electron chi connectivity index (χ4n) is 7.99. The largest absolute Gasteiger partial charge is 0.508 e. The Labute approximate surface area is 316 Å². The summed E-state index contributed by atoms with van der Waals surface area (Å²) in [7, 11) is -0.0962. The zero-order chi connectivity index (χ0) is 36.8. The van der Waals surface area contributed by atoms with Gasteiger partial charge in [-0.3, -0.25) is 0 Å². The molecule has 0 amide bonds. The lowest BCUT2D eigenvalue weighted by Crippen LogP contribution is -2.18. The highest BCUT2D eigenvalue weighted by Gasteiger charge is 2.23. The van der Waals surface area contributed by atoms with Crippen LogP contribution in [0, 0.1) is 0 Å². The molecule has 2 N–H and O–H groups in total. The van der Waals surface area contributed by atoms with Gasteiger partial charge in [-0.05, 0) is 126 Å². The van der Waals surface area contributed by atoms with Crippen molar-refractivity contribution in [2.45, 2.75) is 19.3 Å². The summed E-state index contributed by atoms with van der Waals surface area (Å²) in [6.07, 6.45) is 0. The van der Waals surface area contributed by atoms with Gasteiger partial charge >= 0.3 is 0 Å². The van der Waals surface area contributed by atoms with E-state index in [9.17, 15) is 10.2 Å². The highest BCUT2D eigenvalue weighted by molar-refractivity contribution is 7.56. The van der Waals surface area contributed by atoms with E-state index in [1.165, 1.54) is 75.2 Å². The van der Waals surface area contributed by atoms with Gasteiger partial charge < -0.3 is 10.2 Å². The lowest BCUT2D eigenvalue weighted by Gasteiger charge is -2.26. The van der Waals surface area contributed by atoms with Crippen LogP contribution in [0.15, 0.2) is 182 Å². The van der Waals surface area contributed by atoms with Crippen molar-refractivity contribution in [3.8, 4) is 11.5 Å². The maximum Gasteiger partial charge on any atom is 0.115 e. The molecule has 0 fully saturated rings. The number of rotatable bonds is 4. The highest BCUT2D eigenvalue weighted by Crippen LogP contribution is 2.35. The van der Waals surface area contributed by atoms with Gasteiger partial charge in [-0.2, -0.15) is 0 Å². The van der Waals surface area contributed by atoms with Crippen LogP contribution in [0.3, 0.4) is 0 Å². The molecule has 54 heavy (non-hydrogen) atoms. The van der Waals surface area contributed by atoms with Crippen molar-refractivity contribution in [2.75, 3.05) is 0 Å². The zero-order valence-electron chi connectivity index (χ0n) is 30.3. The summed E-state index contributed by atoms with van der Waals surface area (Å²) in [6, 6.07) is 64.1. The Kier molecular flexibility index (Phi) is 8.49. The van der Waals surface area contributed by atoms with Crippen LogP contribution in [0.2, 0.25) is 0 Å². The predicted octanol–water partition coefficient (Wildman–Crippen LogP) is 12.4. The quantitative estimate of drug-likeness (QED) is 0.108. The molecule has 10 aromatic rings. The van der Waals surface area contributed by atoms with E-state index in [1.807, 2.05) is 24.3 Å². The number of phenols is 2. The molecular formula is C51H40O2P+. The van der Waals surface area contributed by atoms with E-state index < -0.39 is 0 Å². The second kappa shape index (κ2) is 13.6. The SMILES string of the molecule is CC(C)(c1ccc(O)cc1)c1ccc(O)cc1.c1ccc2cc3c(ccc4cccc([PH2+]c5cccc6ccc7cc8ccccc8cc7c56)c43)cc2c1. The van der Waals surface area contributed by atoms with Gasteiger partial charge in [0, 0.05) is 16.2 Å². The summed E-state index contributed by atoms with van der Waals surface area (Å²) in [5.74, 6) is 0.547. The summed E-state index contributed by atoms with van der Waals surface area (Å²) in [4.78, 5) is 0. The van der Waals surface area contributed by atoms with Crippen LogP contribution in [-0.4, -0.2) is 10.2 Å². The molecule has 0 saturated carbocycles. The van der Waals surface area contributed by atoms with Gasteiger partial charge in [-0.25, -0.2) is 0 Å². The molecule has 0 aliphatic heterocycles. The van der Waals surface area contributed by atoms with E-state index in [0.29, 0.717) is 0 Å². The molecular weight excluding hydrogens is 676 g/mol. The van der Waals surface area contributed by atoms with Crippen molar-refractivity contribution in [2.24, 2.45) is 0 Å². The van der Waals surface area contributed by atoms with Crippen molar-refractivity contribution in [3.63, 3.8) is 0 Å². The number of fused-ring (bicyclic) bond motifs is 8. The monoisotopic (exact) mass is 715 g/mol. The summed E-state index contributed by atoms with van der Waals surface area (Å²) in [5, 5.41) is 37.5. The van der Waals surface area contributed by atoms with Crippen molar-refractivity contribution in [1.82, 2.24) is 0 Å². The first-order valence-corrected chi connectivity index (χ1v) is 19.6. The molecule has 0 heterocycles. The third-order valence-electron chi connectivity index (χ3n) is 11.0. The van der Waals surface area contributed by atoms with Gasteiger partial charge in [-0.1, -0.05) is 135 Å². The Hall–Kier alpha value is -6.21. The van der Waals surface area contributed by atoms with Crippen LogP contribution < -0.4 is 10.6 Å². The fourth-order valence-corrected chi connectivity index (χ4v) is 9.67. The predicted molar refractivity (Wildman–Crippen MR) is 235 cm³/mol. The second-order valence-corrected chi connectivity index (χ2v) is 16.3. The lowest BCUT2D eigenvalue weighted by molar-refractivity contribution is 0.474. The van der Waals surface area contributed by atoms with Gasteiger partial charge in [0.25, 0.3) is 0 Å². The smallest absolute Gasteiger partial charge is 0.115 e. The average molecular weight is 716 g/mol. The normalized spacial score (nSPS) is 11.7. The number of hydrogen-bond donors (Lipinski definition) is 2. The Balaban J connectivity index is 0.000000191. The molecule has 0 atom stereocenters. The molecule has 0 saturated heterocycles. The summed E-state index contributed by atoms with van der Waals surface area (Å²) in [6.45, 7) is 4.23. The minimum Gasteiger partial charge on any atom is -0.508 e. The van der Waals surface area contributed by atoms with Gasteiger partial charge in [0.15, 0.2) is 0 Å². The average Bonchev–Trinajstić information content (AvgIpc) is 3.20. The zero-order valence-corrected chi connectivity index (χ0v) is 31.4. The summed E-state index contributed by atoms with van der Waals surface area (Å²) >= 11 is 0. The minimum atomic E-state index is -0.151. The van der Waals surface area contributed by atoms with Crippen LogP contribution >= 0.6 is 8.58 Å². The third kappa shape index (κ3) is 6.19. The molecule has 0 spiro atoms. The highest BCUT2D eigenvalue weighted by atomic mass is 31.1. The van der Waals surface area contributed by atoms with Gasteiger partial charge in [-0.15, -0.1) is 0 Å². The Morgan fingerprint density at radius 1 is 0.352 bits per heavy atom. The molecule has 260 valence electrons. The number of aromatic hydroxyl groups is 2. The van der Waals surface area contributed by atoms with Gasteiger partial charge in [0.05, 0.1) is 8.58 Å². The second-order valence-electron chi connectivity index (χ2n) is 14.7. The lowest BCUT2D eigenvalue weighted by atomic mass is 9.78. The first-order chi connectivity index (χ1) is 26.3. The van der Waals surface area contributed by atoms with Crippen LogP contribution in [0.4, 0.5) is 0 Å². The van der Waals surface area contributed by atoms with E-state index in [0.717, 1.165) is 11.1 Å². The van der Waals surface area contributed by atoms with Gasteiger partial charge in [0.1, 0.15) is 22.1 Å². The number of hydrogen-bond acceptors (Lipinski definition) is 2. The van der Waals surface area contributed by atoms with E-state index in [4.69, 9.17) is 0 Å². The van der Waals surface area contributed by atoms with Crippen molar-refractivity contribution >= 4 is 83.8 Å². The molecule has 2 nitrogen and oxygen atoms in total. The van der Waals surface area contributed by atoms with Crippen molar-refractivity contribution in [1.29, 1.82) is 0 Å². The molecule has 0 unspecified atom stereocenters. The molecule has 0 radical (unpaired) electrons. The molecule has 0 bridgehead atoms. The molecule has 0 aromatic heterocycles. The number of phenolic OH excluding ortho intramolecular Hbond substituents is 2. The Morgan fingerprint density at radius 2 is 0.704 bits per heavy atom. The van der Waals surface area contributed by atoms with E-state index >= 15 is 0 Å². The molecule has 10 rings (SSSR count). The first-order valence-electron chi connectivity index (χ1n) is 18.4. The summed E-state index contributed by atoms with van der Waals surface area (Å²) in [5.41, 5.74) is 2.10. The standard InChI is InChI=1S/C36H23P.C15H16O2/c1-3-9-27-21-31-29(19-25(27)7-1)17-15-23-11-5-13-33(35(23)31)37-34-14-6-12-24-16-18-30-20-26-8-2-4-10-28(26)22-32(30)36(24)34;1-15(2,11-3-7-13(16)8-4-11)12-5-9-14(17)10-6-12/h1-22,37H;3-10,16-17H,1-2H3/p+1. The maximum absolute atomic E-state index is 9.30. The minimum absolute atomic E-state index is 0.0962. The Bertz CT molecular complexity index is 2790. The molecule has 0 aliphatic rings. The van der Waals surface area contributed by atoms with Crippen LogP contribution in [0.5, 0.6) is 11.5 Å². The van der Waals surface area contributed by atoms with E-state index in [2.05, 4.69) is 147 Å². The molecule has 10 aromatic carbocycles. The number of benzene rings is 10. The van der Waals surface area contributed by atoms with Crippen molar-refractivity contribution < 1.29 is 10.2 Å².